The Kier molecular flexibility index (Phi) is 6.39. The van der Waals surface area contributed by atoms with E-state index in [0.717, 1.165) is 12.1 Å². The van der Waals surface area contributed by atoms with Crippen molar-refractivity contribution in [2.24, 2.45) is 0 Å². The van der Waals surface area contributed by atoms with Crippen LogP contribution in [0.2, 0.25) is 10.0 Å². The first kappa shape index (κ1) is 19.2. The lowest BCUT2D eigenvalue weighted by molar-refractivity contribution is -0.123. The smallest absolute Gasteiger partial charge is 0.258 e. The van der Waals surface area contributed by atoms with Crippen molar-refractivity contribution in [2.45, 2.75) is 19.9 Å². The number of benzene rings is 2. The molecule has 0 radical (unpaired) electrons. The largest absolute Gasteiger partial charge is 0.483 e. The van der Waals surface area contributed by atoms with E-state index in [1.165, 1.54) is 13.0 Å². The molecule has 1 N–H and O–H groups in total. The van der Waals surface area contributed by atoms with Crippen LogP contribution in [0.25, 0.3) is 0 Å². The van der Waals surface area contributed by atoms with Crippen molar-refractivity contribution in [3.63, 3.8) is 0 Å². The summed E-state index contributed by atoms with van der Waals surface area (Å²) in [7, 11) is 0. The van der Waals surface area contributed by atoms with E-state index >= 15 is 0 Å². The van der Waals surface area contributed by atoms with Gasteiger partial charge in [0, 0.05) is 10.0 Å². The van der Waals surface area contributed by atoms with Crippen LogP contribution in [-0.4, -0.2) is 18.3 Å². The first-order valence-electron chi connectivity index (χ1n) is 7.45. The molecule has 0 saturated heterocycles. The Morgan fingerprint density at radius 3 is 2.56 bits per heavy atom. The third-order valence-electron chi connectivity index (χ3n) is 3.49. The number of Topliss-reactive ketones (excluding diaryl/α,β-unsaturated/α-hetero) is 1. The summed E-state index contributed by atoms with van der Waals surface area (Å²) in [6.45, 7) is 2.75. The number of amides is 1. The van der Waals surface area contributed by atoms with Gasteiger partial charge in [0.1, 0.15) is 11.6 Å². The highest BCUT2D eigenvalue weighted by Crippen LogP contribution is 2.26. The quantitative estimate of drug-likeness (QED) is 0.742. The number of ether oxygens (including phenoxy) is 1. The average Bonchev–Trinajstić information content (AvgIpc) is 2.53. The Labute approximate surface area is 154 Å². The average molecular weight is 384 g/mol. The third kappa shape index (κ3) is 5.18. The number of rotatable bonds is 6. The molecule has 0 aliphatic carbocycles. The van der Waals surface area contributed by atoms with E-state index in [4.69, 9.17) is 27.9 Å². The van der Waals surface area contributed by atoms with Crippen LogP contribution in [0, 0.1) is 5.82 Å². The minimum atomic E-state index is -0.548. The zero-order valence-corrected chi connectivity index (χ0v) is 15.1. The lowest BCUT2D eigenvalue weighted by Gasteiger charge is -2.16. The fourth-order valence-electron chi connectivity index (χ4n) is 2.26. The van der Waals surface area contributed by atoms with E-state index in [1.807, 2.05) is 0 Å². The summed E-state index contributed by atoms with van der Waals surface area (Å²) in [5.41, 5.74) is 0.798. The van der Waals surface area contributed by atoms with Crippen molar-refractivity contribution in [1.82, 2.24) is 5.32 Å². The predicted octanol–water partition coefficient (Wildman–Crippen LogP) is 4.59. The first-order valence-corrected chi connectivity index (χ1v) is 8.21. The van der Waals surface area contributed by atoms with Gasteiger partial charge in [0.15, 0.2) is 12.4 Å². The molecular weight excluding hydrogens is 368 g/mol. The maximum Gasteiger partial charge on any atom is 0.258 e. The SMILES string of the molecule is CC(=O)c1cc(F)ccc1OCC(=O)N[C@H](C)c1ccc(Cl)cc1Cl. The van der Waals surface area contributed by atoms with Crippen LogP contribution < -0.4 is 10.1 Å². The molecule has 2 aromatic rings. The molecular formula is C18H16Cl2FNO3. The number of halogens is 3. The Morgan fingerprint density at radius 2 is 1.92 bits per heavy atom. The summed E-state index contributed by atoms with van der Waals surface area (Å²) in [6.07, 6.45) is 0. The molecule has 1 amide bonds. The molecule has 1 atom stereocenters. The van der Waals surface area contributed by atoms with Gasteiger partial charge in [0.05, 0.1) is 11.6 Å². The van der Waals surface area contributed by atoms with Gasteiger partial charge in [0.2, 0.25) is 0 Å². The van der Waals surface area contributed by atoms with Crippen molar-refractivity contribution in [1.29, 1.82) is 0 Å². The van der Waals surface area contributed by atoms with E-state index in [0.29, 0.717) is 15.6 Å². The van der Waals surface area contributed by atoms with E-state index in [1.54, 1.807) is 25.1 Å². The Balaban J connectivity index is 2.00. The number of carbonyl (C=O) groups is 2. The van der Waals surface area contributed by atoms with Crippen LogP contribution in [0.4, 0.5) is 4.39 Å². The highest BCUT2D eigenvalue weighted by atomic mass is 35.5. The van der Waals surface area contributed by atoms with E-state index in [9.17, 15) is 14.0 Å². The summed E-state index contributed by atoms with van der Waals surface area (Å²) in [6, 6.07) is 8.20. The molecule has 7 heteroatoms. The summed E-state index contributed by atoms with van der Waals surface area (Å²) < 4.78 is 18.6. The van der Waals surface area contributed by atoms with E-state index in [2.05, 4.69) is 5.32 Å². The molecule has 0 fully saturated rings. The fraction of sp³-hybridized carbons (Fsp3) is 0.222. The van der Waals surface area contributed by atoms with Gasteiger partial charge < -0.3 is 10.1 Å². The molecule has 0 unspecified atom stereocenters. The Bertz CT molecular complexity index is 811. The van der Waals surface area contributed by atoms with Gasteiger partial charge >= 0.3 is 0 Å². The van der Waals surface area contributed by atoms with Gasteiger partial charge in [0.25, 0.3) is 5.91 Å². The second-order valence-electron chi connectivity index (χ2n) is 5.44. The molecule has 0 saturated carbocycles. The number of nitrogens with one attached hydrogen (secondary N) is 1. The molecule has 0 aliphatic rings. The van der Waals surface area contributed by atoms with Crippen LogP contribution in [0.3, 0.4) is 0 Å². The van der Waals surface area contributed by atoms with Crippen LogP contribution in [0.15, 0.2) is 36.4 Å². The van der Waals surface area contributed by atoms with Crippen LogP contribution in [0.1, 0.15) is 35.8 Å². The van der Waals surface area contributed by atoms with Crippen LogP contribution in [0.5, 0.6) is 5.75 Å². The minimum Gasteiger partial charge on any atom is -0.483 e. The molecule has 0 bridgehead atoms. The molecule has 2 rings (SSSR count). The van der Waals surface area contributed by atoms with Crippen molar-refractivity contribution in [3.8, 4) is 5.75 Å². The normalized spacial score (nSPS) is 11.7. The second kappa shape index (κ2) is 8.32. The molecule has 25 heavy (non-hydrogen) atoms. The predicted molar refractivity (Wildman–Crippen MR) is 94.9 cm³/mol. The molecule has 0 heterocycles. The maximum absolute atomic E-state index is 13.2. The zero-order chi connectivity index (χ0) is 18.6. The number of ketones is 1. The van der Waals surface area contributed by atoms with E-state index < -0.39 is 11.7 Å². The van der Waals surface area contributed by atoms with Crippen LogP contribution >= 0.6 is 23.2 Å². The fourth-order valence-corrected chi connectivity index (χ4v) is 2.83. The highest BCUT2D eigenvalue weighted by Gasteiger charge is 2.15. The van der Waals surface area contributed by atoms with Gasteiger partial charge in [-0.15, -0.1) is 0 Å². The lowest BCUT2D eigenvalue weighted by atomic mass is 10.1. The summed E-state index contributed by atoms with van der Waals surface area (Å²) in [4.78, 5) is 23.6. The molecule has 2 aromatic carbocycles. The monoisotopic (exact) mass is 383 g/mol. The summed E-state index contributed by atoms with van der Waals surface area (Å²) >= 11 is 12.0. The van der Waals surface area contributed by atoms with Crippen molar-refractivity contribution in [3.05, 3.63) is 63.4 Å². The van der Waals surface area contributed by atoms with Gasteiger partial charge in [-0.3, -0.25) is 9.59 Å². The third-order valence-corrected chi connectivity index (χ3v) is 4.05. The number of carbonyl (C=O) groups excluding carboxylic acids is 2. The van der Waals surface area contributed by atoms with Crippen LogP contribution in [-0.2, 0) is 4.79 Å². The molecule has 0 aliphatic heterocycles. The molecule has 132 valence electrons. The van der Waals surface area contributed by atoms with E-state index in [-0.39, 0.29) is 29.7 Å². The first-order chi connectivity index (χ1) is 11.8. The molecule has 0 aromatic heterocycles. The standard InChI is InChI=1S/C18H16Cl2FNO3/c1-10(14-5-3-12(19)7-16(14)20)22-18(24)9-25-17-6-4-13(21)8-15(17)11(2)23/h3-8,10H,9H2,1-2H3,(H,22,24)/t10-/m1/s1. The van der Waals surface area contributed by atoms with Crippen molar-refractivity contribution < 1.29 is 18.7 Å². The van der Waals surface area contributed by atoms with Crippen molar-refractivity contribution in [2.75, 3.05) is 6.61 Å². The van der Waals surface area contributed by atoms with Gasteiger partial charge in [-0.1, -0.05) is 29.3 Å². The Hall–Kier alpha value is -2.11. The zero-order valence-electron chi connectivity index (χ0n) is 13.6. The second-order valence-corrected chi connectivity index (χ2v) is 6.28. The Morgan fingerprint density at radius 1 is 1.20 bits per heavy atom. The molecule has 0 spiro atoms. The van der Waals surface area contributed by atoms with Gasteiger partial charge in [-0.05, 0) is 49.7 Å². The number of hydrogen-bond acceptors (Lipinski definition) is 3. The van der Waals surface area contributed by atoms with Crippen molar-refractivity contribution >= 4 is 34.9 Å². The topological polar surface area (TPSA) is 55.4 Å². The summed E-state index contributed by atoms with van der Waals surface area (Å²) in [5, 5.41) is 3.68. The van der Waals surface area contributed by atoms with Gasteiger partial charge in [-0.25, -0.2) is 4.39 Å². The van der Waals surface area contributed by atoms with Gasteiger partial charge in [-0.2, -0.15) is 0 Å². The lowest BCUT2D eigenvalue weighted by Crippen LogP contribution is -2.31. The maximum atomic E-state index is 13.2. The number of hydrogen-bond donors (Lipinski definition) is 1. The minimum absolute atomic E-state index is 0.0848. The summed E-state index contributed by atoms with van der Waals surface area (Å²) in [5.74, 6) is -1.15. The molecule has 4 nitrogen and oxygen atoms in total. The highest BCUT2D eigenvalue weighted by molar-refractivity contribution is 6.35.